The number of benzene rings is 1. The van der Waals surface area contributed by atoms with Crippen LogP contribution in [0.3, 0.4) is 0 Å². The molecule has 0 radical (unpaired) electrons. The van der Waals surface area contributed by atoms with Crippen LogP contribution in [0.5, 0.6) is 0 Å². The lowest BCUT2D eigenvalue weighted by molar-refractivity contribution is 0.104. The van der Waals surface area contributed by atoms with Crippen LogP contribution in [0, 0.1) is 0 Å². The normalized spacial score (nSPS) is 23.0. The van der Waals surface area contributed by atoms with E-state index >= 15 is 0 Å². The Kier molecular flexibility index (Phi) is 3.97. The molecule has 2 aliphatic heterocycles. The first-order valence-electron chi connectivity index (χ1n) is 6.98. The third-order valence-electron chi connectivity index (χ3n) is 3.66. The SMILES string of the molecule is CCOC(=O)N1C2C=CC=CC1C(c1ccc(Br)cc1)=C2. The maximum Gasteiger partial charge on any atom is 0.411 e. The van der Waals surface area contributed by atoms with Crippen molar-refractivity contribution in [3.63, 3.8) is 0 Å². The maximum atomic E-state index is 12.2. The molecule has 0 aromatic heterocycles. The number of amides is 1. The number of halogens is 1. The number of hydrogen-bond donors (Lipinski definition) is 0. The summed E-state index contributed by atoms with van der Waals surface area (Å²) in [4.78, 5) is 14.0. The summed E-state index contributed by atoms with van der Waals surface area (Å²) < 4.78 is 6.24. The Morgan fingerprint density at radius 1 is 1.24 bits per heavy atom. The Hall–Kier alpha value is -1.81. The lowest BCUT2D eigenvalue weighted by Crippen LogP contribution is -2.41. The largest absolute Gasteiger partial charge is 0.450 e. The van der Waals surface area contributed by atoms with Gasteiger partial charge in [-0.3, -0.25) is 4.90 Å². The Balaban J connectivity index is 1.96. The molecule has 3 rings (SSSR count). The molecule has 0 aliphatic carbocycles. The Morgan fingerprint density at radius 2 is 1.95 bits per heavy atom. The zero-order valence-corrected chi connectivity index (χ0v) is 13.3. The monoisotopic (exact) mass is 345 g/mol. The summed E-state index contributed by atoms with van der Waals surface area (Å²) in [5.41, 5.74) is 2.26. The second kappa shape index (κ2) is 5.90. The fraction of sp³-hybridized carbons (Fsp3) is 0.235. The van der Waals surface area contributed by atoms with Gasteiger partial charge >= 0.3 is 6.09 Å². The molecule has 1 aromatic rings. The van der Waals surface area contributed by atoms with Crippen LogP contribution in [0.4, 0.5) is 4.79 Å². The molecule has 2 heterocycles. The Morgan fingerprint density at radius 3 is 2.67 bits per heavy atom. The van der Waals surface area contributed by atoms with Gasteiger partial charge in [0.15, 0.2) is 0 Å². The summed E-state index contributed by atoms with van der Waals surface area (Å²) in [5, 5.41) is 0. The first-order valence-corrected chi connectivity index (χ1v) is 7.77. The molecule has 2 aliphatic rings. The average molecular weight is 346 g/mol. The van der Waals surface area contributed by atoms with Gasteiger partial charge in [0, 0.05) is 4.47 Å². The molecule has 2 unspecified atom stereocenters. The van der Waals surface area contributed by atoms with Gasteiger partial charge in [-0.2, -0.15) is 0 Å². The van der Waals surface area contributed by atoms with Gasteiger partial charge in [0.2, 0.25) is 0 Å². The van der Waals surface area contributed by atoms with Crippen LogP contribution in [-0.2, 0) is 4.74 Å². The van der Waals surface area contributed by atoms with E-state index in [1.165, 1.54) is 0 Å². The second-order valence-corrected chi connectivity index (χ2v) is 5.86. The second-order valence-electron chi connectivity index (χ2n) is 4.94. The van der Waals surface area contributed by atoms with E-state index in [0.29, 0.717) is 6.61 Å². The Labute approximate surface area is 132 Å². The molecule has 108 valence electrons. The predicted octanol–water partition coefficient (Wildman–Crippen LogP) is 4.17. The van der Waals surface area contributed by atoms with Crippen LogP contribution in [0.15, 0.2) is 59.1 Å². The smallest absolute Gasteiger partial charge is 0.411 e. The van der Waals surface area contributed by atoms with Gasteiger partial charge < -0.3 is 4.74 Å². The molecule has 0 saturated heterocycles. The van der Waals surface area contributed by atoms with Crippen LogP contribution in [-0.4, -0.2) is 29.7 Å². The zero-order chi connectivity index (χ0) is 14.8. The predicted molar refractivity (Wildman–Crippen MR) is 86.8 cm³/mol. The highest BCUT2D eigenvalue weighted by atomic mass is 79.9. The number of fused-ring (bicyclic) bond motifs is 2. The maximum absolute atomic E-state index is 12.2. The van der Waals surface area contributed by atoms with Crippen molar-refractivity contribution in [3.8, 4) is 0 Å². The molecular formula is C17H16BrNO2. The van der Waals surface area contributed by atoms with Gasteiger partial charge in [-0.15, -0.1) is 0 Å². The first-order chi connectivity index (χ1) is 10.2. The van der Waals surface area contributed by atoms with E-state index in [4.69, 9.17) is 4.74 Å². The van der Waals surface area contributed by atoms with Crippen LogP contribution in [0.1, 0.15) is 12.5 Å². The number of ether oxygens (including phenoxy) is 1. The molecule has 3 nitrogen and oxygen atoms in total. The number of rotatable bonds is 2. The van der Waals surface area contributed by atoms with Gasteiger partial charge in [-0.25, -0.2) is 4.79 Å². The molecule has 2 bridgehead atoms. The van der Waals surface area contributed by atoms with E-state index in [2.05, 4.69) is 34.1 Å². The molecule has 0 N–H and O–H groups in total. The van der Waals surface area contributed by atoms with E-state index in [1.54, 1.807) is 4.90 Å². The molecule has 2 atom stereocenters. The number of nitrogens with zero attached hydrogens (tertiary/aromatic N) is 1. The first kappa shape index (κ1) is 14.1. The molecule has 4 heteroatoms. The van der Waals surface area contributed by atoms with Crippen LogP contribution < -0.4 is 0 Å². The van der Waals surface area contributed by atoms with Crippen LogP contribution in [0.2, 0.25) is 0 Å². The molecular weight excluding hydrogens is 330 g/mol. The van der Waals surface area contributed by atoms with Crippen molar-refractivity contribution >= 4 is 27.6 Å². The summed E-state index contributed by atoms with van der Waals surface area (Å²) in [6.07, 6.45) is 9.87. The van der Waals surface area contributed by atoms with E-state index in [0.717, 1.165) is 15.6 Å². The average Bonchev–Trinajstić information content (AvgIpc) is 2.68. The highest BCUT2D eigenvalue weighted by molar-refractivity contribution is 9.10. The van der Waals surface area contributed by atoms with Crippen molar-refractivity contribution in [3.05, 3.63) is 64.7 Å². The summed E-state index contributed by atoms with van der Waals surface area (Å²) in [7, 11) is 0. The molecule has 1 amide bonds. The minimum absolute atomic E-state index is 0.0531. The van der Waals surface area contributed by atoms with E-state index < -0.39 is 0 Å². The fourth-order valence-corrected chi connectivity index (χ4v) is 3.00. The fourth-order valence-electron chi connectivity index (χ4n) is 2.73. The van der Waals surface area contributed by atoms with E-state index in [-0.39, 0.29) is 18.2 Å². The van der Waals surface area contributed by atoms with E-state index in [1.807, 2.05) is 43.4 Å². The van der Waals surface area contributed by atoms with Crippen molar-refractivity contribution in [1.82, 2.24) is 4.90 Å². The third kappa shape index (κ3) is 2.68. The minimum Gasteiger partial charge on any atom is -0.450 e. The highest BCUT2D eigenvalue weighted by Gasteiger charge is 2.37. The van der Waals surface area contributed by atoms with Gasteiger partial charge in [-0.1, -0.05) is 58.4 Å². The quantitative estimate of drug-likeness (QED) is 0.805. The van der Waals surface area contributed by atoms with Crippen LogP contribution in [0.25, 0.3) is 5.57 Å². The molecule has 0 saturated carbocycles. The number of carbonyl (C=O) groups is 1. The minimum atomic E-state index is -0.271. The van der Waals surface area contributed by atoms with Crippen molar-refractivity contribution < 1.29 is 9.53 Å². The molecule has 1 aromatic carbocycles. The standard InChI is InChI=1S/C17H16BrNO2/c1-2-21-17(20)19-14-5-3-4-6-16(19)15(11-14)12-7-9-13(18)10-8-12/h3-11,14,16H,2H2,1H3. The van der Waals surface area contributed by atoms with Gasteiger partial charge in [0.1, 0.15) is 0 Å². The highest BCUT2D eigenvalue weighted by Crippen LogP contribution is 2.35. The van der Waals surface area contributed by atoms with Crippen molar-refractivity contribution in [2.75, 3.05) is 6.61 Å². The third-order valence-corrected chi connectivity index (χ3v) is 4.19. The van der Waals surface area contributed by atoms with E-state index in [9.17, 15) is 4.79 Å². The lowest BCUT2D eigenvalue weighted by Gasteiger charge is -2.27. The summed E-state index contributed by atoms with van der Waals surface area (Å²) >= 11 is 3.45. The van der Waals surface area contributed by atoms with Crippen molar-refractivity contribution in [2.45, 2.75) is 19.0 Å². The zero-order valence-electron chi connectivity index (χ0n) is 11.7. The molecule has 0 fully saturated rings. The van der Waals surface area contributed by atoms with Gasteiger partial charge in [-0.05, 0) is 30.2 Å². The molecule has 21 heavy (non-hydrogen) atoms. The van der Waals surface area contributed by atoms with Crippen LogP contribution >= 0.6 is 15.9 Å². The topological polar surface area (TPSA) is 29.5 Å². The molecule has 0 spiro atoms. The summed E-state index contributed by atoms with van der Waals surface area (Å²) in [6.45, 7) is 2.21. The van der Waals surface area contributed by atoms with Gasteiger partial charge in [0.25, 0.3) is 0 Å². The van der Waals surface area contributed by atoms with Crippen molar-refractivity contribution in [1.29, 1.82) is 0 Å². The summed E-state index contributed by atoms with van der Waals surface area (Å²) in [5.74, 6) is 0. The lowest BCUT2D eigenvalue weighted by atomic mass is 9.99. The number of hydrogen-bond acceptors (Lipinski definition) is 2. The van der Waals surface area contributed by atoms with Crippen molar-refractivity contribution in [2.24, 2.45) is 0 Å². The number of allylic oxidation sites excluding steroid dienone is 2. The van der Waals surface area contributed by atoms with Gasteiger partial charge in [0.05, 0.1) is 18.7 Å². The Bertz CT molecular complexity index is 631. The summed E-state index contributed by atoms with van der Waals surface area (Å²) in [6, 6.07) is 8.02. The number of carbonyl (C=O) groups excluding carboxylic acids is 1.